The number of fused-ring (bicyclic) bond motifs is 8. The van der Waals surface area contributed by atoms with E-state index in [-0.39, 0.29) is 25.0 Å². The first kappa shape index (κ1) is 53.6. The van der Waals surface area contributed by atoms with Crippen molar-refractivity contribution >= 4 is 63.5 Å². The zero-order chi connectivity index (χ0) is 51.5. The third-order valence-corrected chi connectivity index (χ3v) is 13.3. The largest absolute Gasteiger partial charge is 3.00 e. The molecule has 0 amide bonds. The Morgan fingerprint density at radius 3 is 0.947 bits per heavy atom. The molecule has 2 N–H and O–H groups in total. The van der Waals surface area contributed by atoms with Crippen LogP contribution in [0.4, 0.5) is 5.69 Å². The number of aliphatic imine (C=N–C) groups is 1. The number of hydrogen-bond acceptors (Lipinski definition) is 7. The van der Waals surface area contributed by atoms with Gasteiger partial charge in [0.25, 0.3) is 0 Å². The van der Waals surface area contributed by atoms with Crippen molar-refractivity contribution < 1.29 is 43.9 Å². The molecular formula is C64H55N6O5Ru. The summed E-state index contributed by atoms with van der Waals surface area (Å²) >= 11 is 0. The van der Waals surface area contributed by atoms with Crippen LogP contribution in [0.25, 0.3) is 96.3 Å². The van der Waals surface area contributed by atoms with Gasteiger partial charge in [0.2, 0.25) is 0 Å². The standard InChI is InChI=1S/C48H36N4O4.C16H17N2.H2O.Ru/c1-53-33-13-5-29(6-14-33)45-37-21-23-39(49-37)46(30-7-15-34(54-2)16-8-30)41-25-27-43(51-41)48(32-11-19-36(56-4)20-12-32)44-28-26-42(52-44)47(40-24-22-38(45)50-40)31-9-17-35(55-3)18-10-31;1-10-6-5-7-11(2)16(10)18-14-8-12(3)15(17)13(4)9-14;;/h5-28H,1-4H3;5-9H,1-4H3;1H2;/q-2;-1;;+3. The molecule has 0 atom stereocenters. The van der Waals surface area contributed by atoms with Crippen LogP contribution < -0.4 is 28.9 Å². The minimum Gasteiger partial charge on any atom is -0.804 e. The van der Waals surface area contributed by atoms with Crippen LogP contribution >= 0.6 is 0 Å². The molecule has 12 heteroatoms. The molecule has 3 aliphatic rings. The molecule has 11 rings (SSSR count). The van der Waals surface area contributed by atoms with Crippen molar-refractivity contribution in [2.24, 2.45) is 4.99 Å². The molecule has 379 valence electrons. The van der Waals surface area contributed by atoms with Gasteiger partial charge in [0.1, 0.15) is 23.0 Å². The molecular weight excluding hydrogens is 1030 g/mol. The summed E-state index contributed by atoms with van der Waals surface area (Å²) in [5.41, 5.74) is 20.0. The predicted molar refractivity (Wildman–Crippen MR) is 307 cm³/mol. The van der Waals surface area contributed by atoms with Crippen molar-refractivity contribution in [2.45, 2.75) is 27.7 Å². The van der Waals surface area contributed by atoms with Gasteiger partial charge in [-0.2, -0.15) is 5.71 Å². The summed E-state index contributed by atoms with van der Waals surface area (Å²) in [6.07, 6.45) is 12.1. The average Bonchev–Trinajstić information content (AvgIpc) is 4.30. The van der Waals surface area contributed by atoms with Gasteiger partial charge in [0.05, 0.1) is 62.6 Å². The van der Waals surface area contributed by atoms with Crippen molar-refractivity contribution in [1.82, 2.24) is 19.9 Å². The van der Waals surface area contributed by atoms with Crippen LogP contribution in [0.1, 0.15) is 47.8 Å². The van der Waals surface area contributed by atoms with Gasteiger partial charge in [-0.3, -0.25) is 0 Å². The van der Waals surface area contributed by atoms with Crippen LogP contribution in [0.3, 0.4) is 0 Å². The van der Waals surface area contributed by atoms with Gasteiger partial charge in [-0.1, -0.05) is 102 Å². The number of ether oxygens (including phenoxy) is 4. The van der Waals surface area contributed by atoms with E-state index < -0.39 is 0 Å². The number of benzene rings is 5. The number of nitrogens with zero attached hydrogens (tertiary/aromatic N) is 6. The molecule has 8 bridgehead atoms. The van der Waals surface area contributed by atoms with E-state index in [9.17, 15) is 5.41 Å². The first-order valence-corrected chi connectivity index (χ1v) is 24.2. The molecule has 5 heterocycles. The average molecular weight is 1090 g/mol. The summed E-state index contributed by atoms with van der Waals surface area (Å²) in [6.45, 7) is 7.91. The van der Waals surface area contributed by atoms with E-state index in [1.807, 2.05) is 129 Å². The fourth-order valence-corrected chi connectivity index (χ4v) is 9.41. The second kappa shape index (κ2) is 23.2. The van der Waals surface area contributed by atoms with Crippen molar-refractivity contribution in [1.29, 1.82) is 0 Å². The van der Waals surface area contributed by atoms with E-state index in [0.717, 1.165) is 135 Å². The Bertz CT molecular complexity index is 3380. The molecule has 5 aromatic carbocycles. The zero-order valence-electron chi connectivity index (χ0n) is 43.4. The summed E-state index contributed by atoms with van der Waals surface area (Å²) in [5, 5.41) is 9.76. The molecule has 11 nitrogen and oxygen atoms in total. The maximum absolute atomic E-state index is 9.76. The van der Waals surface area contributed by atoms with Crippen LogP contribution in [0.5, 0.6) is 23.0 Å². The third-order valence-electron chi connectivity index (χ3n) is 13.3. The maximum Gasteiger partial charge on any atom is 3.00 e. The fraction of sp³-hybridized carbons (Fsp3) is 0.125. The summed E-state index contributed by atoms with van der Waals surface area (Å²) in [7, 11) is 6.67. The Hall–Kier alpha value is -8.70. The second-order valence-corrected chi connectivity index (χ2v) is 18.1. The maximum atomic E-state index is 9.76. The number of para-hydroxylation sites is 1. The first-order valence-electron chi connectivity index (χ1n) is 24.2. The monoisotopic (exact) mass is 1090 g/mol. The SMILES string of the molecule is CC1=CC(=Nc2c(C)cccc2C)C=C(C)C1=[N-].COc1ccc(-c2c3nc(c(-c4ccc(OC)cc4)c4ccc([n-]4)c(-c4ccc(OC)cc4)c4nc(c(-c5ccc(OC)cc5)c5ccc2[n-]5)C=C4)C=C3)cc1.O.[Ru+3]. The van der Waals surface area contributed by atoms with Crippen molar-refractivity contribution in [3.8, 4) is 67.5 Å². The number of hydrogen-bond donors (Lipinski definition) is 0. The molecule has 3 aromatic heterocycles. The van der Waals surface area contributed by atoms with Gasteiger partial charge in [-0.15, -0.1) is 22.1 Å². The van der Waals surface area contributed by atoms with Gasteiger partial charge in [0, 0.05) is 0 Å². The topological polar surface area (TPSA) is 157 Å². The minimum atomic E-state index is 0. The Morgan fingerprint density at radius 2 is 0.684 bits per heavy atom. The van der Waals surface area contributed by atoms with Crippen molar-refractivity contribution in [3.05, 3.63) is 202 Å². The molecule has 0 saturated carbocycles. The van der Waals surface area contributed by atoms with Crippen LogP contribution in [0.15, 0.2) is 168 Å². The fourth-order valence-electron chi connectivity index (χ4n) is 9.41. The molecule has 0 spiro atoms. The van der Waals surface area contributed by atoms with Crippen LogP contribution in [-0.2, 0) is 19.5 Å². The zero-order valence-corrected chi connectivity index (χ0v) is 45.2. The van der Waals surface area contributed by atoms with Crippen molar-refractivity contribution in [3.63, 3.8) is 0 Å². The van der Waals surface area contributed by atoms with Gasteiger partial charge in [-0.05, 0) is 168 Å². The van der Waals surface area contributed by atoms with Crippen LogP contribution in [0.2, 0.25) is 0 Å². The summed E-state index contributed by atoms with van der Waals surface area (Å²) in [5.74, 6) is 3.06. The first-order chi connectivity index (χ1) is 36.0. The second-order valence-electron chi connectivity index (χ2n) is 18.1. The Morgan fingerprint density at radius 1 is 0.408 bits per heavy atom. The van der Waals surface area contributed by atoms with E-state index in [1.165, 1.54) is 11.1 Å². The van der Waals surface area contributed by atoms with E-state index >= 15 is 0 Å². The van der Waals surface area contributed by atoms with Gasteiger partial charge in [0.15, 0.2) is 0 Å². The predicted octanol–water partition coefficient (Wildman–Crippen LogP) is 14.1. The normalized spacial score (nSPS) is 12.3. The molecule has 1 radical (unpaired) electrons. The number of allylic oxidation sites excluding steroid dienone is 4. The number of aryl methyl sites for hydroxylation is 2. The van der Waals surface area contributed by atoms with Gasteiger partial charge in [-0.25, -0.2) is 15.0 Å². The van der Waals surface area contributed by atoms with Crippen LogP contribution in [-0.4, -0.2) is 55.3 Å². The Labute approximate surface area is 455 Å². The Kier molecular flexibility index (Phi) is 16.4. The molecule has 76 heavy (non-hydrogen) atoms. The summed E-state index contributed by atoms with van der Waals surface area (Å²) in [6, 6.07) is 46.4. The molecule has 8 aromatic rings. The number of rotatable bonds is 9. The van der Waals surface area contributed by atoms with E-state index in [0.29, 0.717) is 5.71 Å². The molecule has 2 aliphatic heterocycles. The summed E-state index contributed by atoms with van der Waals surface area (Å²) < 4.78 is 22.1. The number of aromatic nitrogens is 4. The third kappa shape index (κ3) is 10.9. The summed E-state index contributed by atoms with van der Waals surface area (Å²) in [4.78, 5) is 26.1. The van der Waals surface area contributed by atoms with E-state index in [4.69, 9.17) is 43.9 Å². The smallest absolute Gasteiger partial charge is 0.804 e. The van der Waals surface area contributed by atoms with E-state index in [1.54, 1.807) is 28.4 Å². The quantitative estimate of drug-likeness (QED) is 0.102. The molecule has 0 saturated heterocycles. The van der Waals surface area contributed by atoms with Crippen molar-refractivity contribution in [2.75, 3.05) is 28.4 Å². The van der Waals surface area contributed by atoms with E-state index in [2.05, 4.69) is 74.5 Å². The van der Waals surface area contributed by atoms with Gasteiger partial charge >= 0.3 is 19.5 Å². The molecule has 0 unspecified atom stereocenters. The van der Waals surface area contributed by atoms with Crippen LogP contribution in [0, 0.1) is 13.8 Å². The molecule has 1 aliphatic carbocycles. The number of methoxy groups -OCH3 is 4. The minimum absolute atomic E-state index is 0. The Balaban J connectivity index is 0.000000325. The van der Waals surface area contributed by atoms with Gasteiger partial charge < -0.3 is 39.8 Å². The molecule has 0 fully saturated rings.